The van der Waals surface area contributed by atoms with Crippen LogP contribution in [-0.2, 0) is 21.3 Å². The molecule has 0 heterocycles. The summed E-state index contributed by atoms with van der Waals surface area (Å²) in [6, 6.07) is 11.5. The van der Waals surface area contributed by atoms with E-state index in [1.54, 1.807) is 18.2 Å². The smallest absolute Gasteiger partial charge is 0.325 e. The highest BCUT2D eigenvalue weighted by Crippen LogP contribution is 2.26. The van der Waals surface area contributed by atoms with Crippen LogP contribution in [0.1, 0.15) is 12.5 Å². The number of hydrazine groups is 1. The molecule has 0 saturated heterocycles. The number of hydrogen-bond acceptors (Lipinski definition) is 7. The molecule has 0 spiro atoms. The SMILES string of the molecule is C[C@@](Cc1ccc(O)c(O)c1)(NN)C(=O)O.O=S(=O)(O)c1ccccc1. The van der Waals surface area contributed by atoms with Crippen LogP contribution in [0.3, 0.4) is 0 Å². The third-order valence-corrected chi connectivity index (χ3v) is 4.30. The number of carboxylic acids is 1. The number of aromatic hydroxyl groups is 2. The second-order valence-electron chi connectivity index (χ2n) is 5.57. The number of phenols is 2. The van der Waals surface area contributed by atoms with E-state index < -0.39 is 21.6 Å². The first-order valence-corrected chi connectivity index (χ1v) is 8.68. The minimum atomic E-state index is -4.00. The summed E-state index contributed by atoms with van der Waals surface area (Å²) in [5.74, 6) is 3.55. The van der Waals surface area contributed by atoms with Gasteiger partial charge in [-0.15, -0.1) is 0 Å². The van der Waals surface area contributed by atoms with E-state index in [9.17, 15) is 18.3 Å². The molecule has 0 aliphatic heterocycles. The summed E-state index contributed by atoms with van der Waals surface area (Å²) >= 11 is 0. The van der Waals surface area contributed by atoms with Crippen LogP contribution in [0.5, 0.6) is 11.5 Å². The molecule has 0 aromatic heterocycles. The molecule has 0 amide bonds. The summed E-state index contributed by atoms with van der Waals surface area (Å²) in [6.07, 6.45) is 0.0900. The third kappa shape index (κ3) is 6.01. The van der Waals surface area contributed by atoms with Crippen molar-refractivity contribution in [3.63, 3.8) is 0 Å². The molecule has 142 valence electrons. The topological polar surface area (TPSA) is 170 Å². The summed E-state index contributed by atoms with van der Waals surface area (Å²) in [6.45, 7) is 1.43. The van der Waals surface area contributed by atoms with Crippen molar-refractivity contribution in [3.8, 4) is 11.5 Å². The van der Waals surface area contributed by atoms with Crippen LogP contribution >= 0.6 is 0 Å². The molecule has 2 aromatic carbocycles. The number of rotatable bonds is 5. The lowest BCUT2D eigenvalue weighted by Crippen LogP contribution is -2.54. The highest BCUT2D eigenvalue weighted by atomic mass is 32.2. The molecule has 0 bridgehead atoms. The average molecular weight is 384 g/mol. The monoisotopic (exact) mass is 384 g/mol. The second-order valence-corrected chi connectivity index (χ2v) is 6.99. The fourth-order valence-corrected chi connectivity index (χ4v) is 2.37. The molecule has 0 saturated carbocycles. The van der Waals surface area contributed by atoms with Gasteiger partial charge in [0, 0.05) is 6.42 Å². The molecule has 2 aromatic rings. The van der Waals surface area contributed by atoms with Crippen molar-refractivity contribution >= 4 is 16.1 Å². The van der Waals surface area contributed by atoms with E-state index in [0.29, 0.717) is 5.56 Å². The molecular formula is C16H20N2O7S. The summed E-state index contributed by atoms with van der Waals surface area (Å²) in [4.78, 5) is 10.9. The lowest BCUT2D eigenvalue weighted by atomic mass is 9.93. The van der Waals surface area contributed by atoms with Crippen LogP contribution in [0.15, 0.2) is 53.4 Å². The summed E-state index contributed by atoms with van der Waals surface area (Å²) in [7, 11) is -4.00. The Labute approximate surface area is 150 Å². The Morgan fingerprint density at radius 2 is 1.69 bits per heavy atom. The third-order valence-electron chi connectivity index (χ3n) is 3.43. The van der Waals surface area contributed by atoms with Gasteiger partial charge in [0.2, 0.25) is 0 Å². The molecule has 26 heavy (non-hydrogen) atoms. The van der Waals surface area contributed by atoms with Crippen molar-refractivity contribution in [2.24, 2.45) is 5.84 Å². The zero-order valence-electron chi connectivity index (χ0n) is 13.8. The Kier molecular flexibility index (Phi) is 7.10. The van der Waals surface area contributed by atoms with Crippen LogP contribution in [-0.4, -0.2) is 39.8 Å². The summed E-state index contributed by atoms with van der Waals surface area (Å²) in [5.41, 5.74) is 1.45. The van der Waals surface area contributed by atoms with Gasteiger partial charge in [0.25, 0.3) is 10.1 Å². The van der Waals surface area contributed by atoms with E-state index in [1.807, 2.05) is 0 Å². The highest BCUT2D eigenvalue weighted by Gasteiger charge is 2.32. The fraction of sp³-hybridized carbons (Fsp3) is 0.188. The van der Waals surface area contributed by atoms with E-state index in [4.69, 9.17) is 20.6 Å². The molecule has 0 aliphatic carbocycles. The summed E-state index contributed by atoms with van der Waals surface area (Å²) in [5, 5.41) is 27.3. The van der Waals surface area contributed by atoms with E-state index in [-0.39, 0.29) is 22.8 Å². The van der Waals surface area contributed by atoms with Crippen LogP contribution in [0.4, 0.5) is 0 Å². The summed E-state index contributed by atoms with van der Waals surface area (Å²) < 4.78 is 29.2. The van der Waals surface area contributed by atoms with Crippen LogP contribution < -0.4 is 11.3 Å². The maximum atomic E-state index is 11.0. The lowest BCUT2D eigenvalue weighted by molar-refractivity contribution is -0.144. The van der Waals surface area contributed by atoms with E-state index in [1.165, 1.54) is 37.3 Å². The van der Waals surface area contributed by atoms with Gasteiger partial charge in [-0.3, -0.25) is 15.2 Å². The maximum absolute atomic E-state index is 11.0. The number of nitrogens with one attached hydrogen (secondary N) is 1. The molecular weight excluding hydrogens is 364 g/mol. The minimum Gasteiger partial charge on any atom is -0.504 e. The lowest BCUT2D eigenvalue weighted by Gasteiger charge is -2.23. The largest absolute Gasteiger partial charge is 0.504 e. The van der Waals surface area contributed by atoms with Crippen molar-refractivity contribution in [1.29, 1.82) is 0 Å². The van der Waals surface area contributed by atoms with Gasteiger partial charge in [-0.05, 0) is 36.8 Å². The van der Waals surface area contributed by atoms with Gasteiger partial charge in [-0.1, -0.05) is 24.3 Å². The number of benzene rings is 2. The van der Waals surface area contributed by atoms with Crippen molar-refractivity contribution < 1.29 is 33.1 Å². The van der Waals surface area contributed by atoms with Gasteiger partial charge in [0.05, 0.1) is 4.90 Å². The number of carboxylic acid groups (broad SMARTS) is 1. The van der Waals surface area contributed by atoms with Crippen LogP contribution in [0.25, 0.3) is 0 Å². The van der Waals surface area contributed by atoms with Crippen LogP contribution in [0.2, 0.25) is 0 Å². The molecule has 0 unspecified atom stereocenters. The molecule has 0 radical (unpaired) electrons. The second kappa shape index (κ2) is 8.63. The molecule has 10 heteroatoms. The van der Waals surface area contributed by atoms with Gasteiger partial charge < -0.3 is 15.3 Å². The molecule has 0 aliphatic rings. The number of carbonyl (C=O) groups is 1. The average Bonchev–Trinajstić information content (AvgIpc) is 2.58. The molecule has 1 atom stereocenters. The predicted octanol–water partition coefficient (Wildman–Crippen LogP) is 0.880. The molecule has 9 nitrogen and oxygen atoms in total. The number of aliphatic carboxylic acids is 1. The molecule has 7 N–H and O–H groups in total. The first-order valence-electron chi connectivity index (χ1n) is 7.24. The van der Waals surface area contributed by atoms with Crippen molar-refractivity contribution in [2.75, 3.05) is 0 Å². The first kappa shape index (κ1) is 21.4. The van der Waals surface area contributed by atoms with Crippen molar-refractivity contribution in [1.82, 2.24) is 5.43 Å². The van der Waals surface area contributed by atoms with Gasteiger partial charge in [0.15, 0.2) is 11.5 Å². The van der Waals surface area contributed by atoms with E-state index >= 15 is 0 Å². The normalized spacial score (nSPS) is 13.2. The Hall–Kier alpha value is -2.66. The number of phenolic OH excluding ortho intramolecular Hbond substituents is 2. The Morgan fingerprint density at radius 3 is 2.08 bits per heavy atom. The maximum Gasteiger partial charge on any atom is 0.325 e. The Bertz CT molecular complexity index is 856. The quantitative estimate of drug-likeness (QED) is 0.189. The first-order chi connectivity index (χ1) is 12.0. The number of hydrogen-bond donors (Lipinski definition) is 6. The molecule has 2 rings (SSSR count). The molecule has 0 fully saturated rings. The Morgan fingerprint density at radius 1 is 1.12 bits per heavy atom. The van der Waals surface area contributed by atoms with Crippen LogP contribution in [0, 0.1) is 0 Å². The zero-order valence-corrected chi connectivity index (χ0v) is 14.6. The zero-order chi connectivity index (χ0) is 20.0. The van der Waals surface area contributed by atoms with Crippen molar-refractivity contribution in [2.45, 2.75) is 23.8 Å². The van der Waals surface area contributed by atoms with E-state index in [2.05, 4.69) is 5.43 Å². The fourth-order valence-electron chi connectivity index (χ4n) is 1.87. The predicted molar refractivity (Wildman–Crippen MR) is 93.1 cm³/mol. The van der Waals surface area contributed by atoms with Gasteiger partial charge in [-0.2, -0.15) is 8.42 Å². The standard InChI is InChI=1S/C10H14N2O4.C6H6O3S/c1-10(12-11,9(15)16)5-6-2-3-7(13)8(14)4-6;7-10(8,9)6-4-2-1-3-5-6/h2-4,12-14H,5,11H2,1H3,(H,15,16);1-5H,(H,7,8,9)/t10-;/m0./s1. The number of nitrogens with two attached hydrogens (primary N) is 1. The van der Waals surface area contributed by atoms with Crippen molar-refractivity contribution in [3.05, 3.63) is 54.1 Å². The minimum absolute atomic E-state index is 0.0741. The van der Waals surface area contributed by atoms with Gasteiger partial charge in [0.1, 0.15) is 5.54 Å². The Balaban J connectivity index is 0.000000289. The van der Waals surface area contributed by atoms with E-state index in [0.717, 1.165) is 0 Å². The highest BCUT2D eigenvalue weighted by molar-refractivity contribution is 7.85. The van der Waals surface area contributed by atoms with Gasteiger partial charge >= 0.3 is 5.97 Å². The van der Waals surface area contributed by atoms with Gasteiger partial charge in [-0.25, -0.2) is 5.43 Å².